The summed E-state index contributed by atoms with van der Waals surface area (Å²) in [7, 11) is 0. The zero-order chi connectivity index (χ0) is 12.8. The monoisotopic (exact) mass is 324 g/mol. The summed E-state index contributed by atoms with van der Waals surface area (Å²) in [6.07, 6.45) is 2.87. The van der Waals surface area contributed by atoms with E-state index in [4.69, 9.17) is 0 Å². The van der Waals surface area contributed by atoms with Gasteiger partial charge in [0.15, 0.2) is 0 Å². The number of aromatic nitrogens is 1. The third-order valence-electron chi connectivity index (χ3n) is 2.89. The average Bonchev–Trinajstić information content (AvgIpc) is 2.88. The van der Waals surface area contributed by atoms with Gasteiger partial charge < -0.3 is 5.32 Å². The molecular formula is C14H17BrN2S. The summed E-state index contributed by atoms with van der Waals surface area (Å²) in [6.45, 7) is 4.12. The van der Waals surface area contributed by atoms with E-state index in [2.05, 4.69) is 57.4 Å². The Hall–Kier alpha value is -0.710. The van der Waals surface area contributed by atoms with Gasteiger partial charge in [0.05, 0.1) is 5.01 Å². The van der Waals surface area contributed by atoms with Crippen molar-refractivity contribution < 1.29 is 0 Å². The molecule has 0 spiro atoms. The molecule has 2 rings (SSSR count). The van der Waals surface area contributed by atoms with Gasteiger partial charge in [0.2, 0.25) is 0 Å². The van der Waals surface area contributed by atoms with Crippen molar-refractivity contribution in [1.82, 2.24) is 10.3 Å². The Morgan fingerprint density at radius 3 is 2.89 bits per heavy atom. The van der Waals surface area contributed by atoms with Crippen molar-refractivity contribution in [3.05, 3.63) is 50.9 Å². The molecule has 1 N–H and O–H groups in total. The zero-order valence-electron chi connectivity index (χ0n) is 10.4. The highest BCUT2D eigenvalue weighted by atomic mass is 79.9. The minimum absolute atomic E-state index is 0.465. The van der Waals surface area contributed by atoms with Gasteiger partial charge in [-0.2, -0.15) is 0 Å². The topological polar surface area (TPSA) is 24.9 Å². The van der Waals surface area contributed by atoms with Crippen LogP contribution in [0.2, 0.25) is 0 Å². The molecule has 0 saturated heterocycles. The van der Waals surface area contributed by atoms with Gasteiger partial charge in [-0.1, -0.05) is 41.1 Å². The number of likely N-dealkylation sites (N-methyl/N-ethyl adjacent to an activating group) is 1. The van der Waals surface area contributed by atoms with Gasteiger partial charge in [0, 0.05) is 34.9 Å². The largest absolute Gasteiger partial charge is 0.316 e. The molecule has 1 unspecified atom stereocenters. The second kappa shape index (κ2) is 7.02. The first-order valence-electron chi connectivity index (χ1n) is 6.14. The van der Waals surface area contributed by atoms with Gasteiger partial charge in [-0.15, -0.1) is 11.3 Å². The quantitative estimate of drug-likeness (QED) is 0.873. The molecule has 0 saturated carbocycles. The van der Waals surface area contributed by atoms with E-state index in [1.807, 2.05) is 11.6 Å². The Kier molecular flexibility index (Phi) is 5.35. The van der Waals surface area contributed by atoms with E-state index in [-0.39, 0.29) is 0 Å². The molecule has 1 atom stereocenters. The molecule has 0 fully saturated rings. The van der Waals surface area contributed by atoms with E-state index in [1.54, 1.807) is 11.3 Å². The van der Waals surface area contributed by atoms with Crippen LogP contribution in [0.1, 0.15) is 23.4 Å². The van der Waals surface area contributed by atoms with Crippen molar-refractivity contribution in [2.45, 2.75) is 19.3 Å². The summed E-state index contributed by atoms with van der Waals surface area (Å²) in [4.78, 5) is 4.39. The first kappa shape index (κ1) is 13.7. The Morgan fingerprint density at radius 1 is 1.39 bits per heavy atom. The predicted octanol–water partition coefficient (Wildman–Crippen LogP) is 3.84. The summed E-state index contributed by atoms with van der Waals surface area (Å²) < 4.78 is 1.18. The molecule has 0 bridgehead atoms. The number of nitrogens with one attached hydrogen (secondary N) is 1. The SMILES string of the molecule is CCNCC(Cc1nccs1)c1ccccc1Br. The molecule has 2 nitrogen and oxygen atoms in total. The van der Waals surface area contributed by atoms with Crippen LogP contribution < -0.4 is 5.32 Å². The molecule has 4 heteroatoms. The van der Waals surface area contributed by atoms with Crippen LogP contribution >= 0.6 is 27.3 Å². The number of halogens is 1. The highest BCUT2D eigenvalue weighted by Gasteiger charge is 2.15. The number of hydrogen-bond donors (Lipinski definition) is 1. The van der Waals surface area contributed by atoms with Gasteiger partial charge >= 0.3 is 0 Å². The third kappa shape index (κ3) is 3.64. The van der Waals surface area contributed by atoms with Gasteiger partial charge in [-0.25, -0.2) is 4.98 Å². The number of nitrogens with zero attached hydrogens (tertiary/aromatic N) is 1. The van der Waals surface area contributed by atoms with Gasteiger partial charge in [-0.3, -0.25) is 0 Å². The molecule has 1 heterocycles. The van der Waals surface area contributed by atoms with Crippen LogP contribution in [0.5, 0.6) is 0 Å². The minimum atomic E-state index is 0.465. The van der Waals surface area contributed by atoms with E-state index in [9.17, 15) is 0 Å². The molecular weight excluding hydrogens is 308 g/mol. The first-order chi connectivity index (χ1) is 8.81. The average molecular weight is 325 g/mol. The fourth-order valence-corrected chi connectivity index (χ4v) is 3.29. The number of hydrogen-bond acceptors (Lipinski definition) is 3. The molecule has 0 aliphatic heterocycles. The molecule has 0 aliphatic rings. The summed E-state index contributed by atoms with van der Waals surface area (Å²) in [5, 5.41) is 6.69. The third-order valence-corrected chi connectivity index (χ3v) is 4.41. The highest BCUT2D eigenvalue weighted by molar-refractivity contribution is 9.10. The molecule has 0 aliphatic carbocycles. The lowest BCUT2D eigenvalue weighted by molar-refractivity contribution is 0.592. The summed E-state index contributed by atoms with van der Waals surface area (Å²) in [5.41, 5.74) is 1.36. The normalized spacial score (nSPS) is 12.6. The predicted molar refractivity (Wildman–Crippen MR) is 81.2 cm³/mol. The summed E-state index contributed by atoms with van der Waals surface area (Å²) >= 11 is 5.38. The van der Waals surface area contributed by atoms with E-state index >= 15 is 0 Å². The molecule has 0 amide bonds. The number of thiazole rings is 1. The van der Waals surface area contributed by atoms with Crippen molar-refractivity contribution in [2.24, 2.45) is 0 Å². The molecule has 0 radical (unpaired) electrons. The van der Waals surface area contributed by atoms with Crippen molar-refractivity contribution in [1.29, 1.82) is 0 Å². The highest BCUT2D eigenvalue weighted by Crippen LogP contribution is 2.27. The van der Waals surface area contributed by atoms with E-state index < -0.39 is 0 Å². The Morgan fingerprint density at radius 2 is 2.22 bits per heavy atom. The lowest BCUT2D eigenvalue weighted by Gasteiger charge is -2.18. The van der Waals surface area contributed by atoms with Crippen LogP contribution in [0, 0.1) is 0 Å². The Labute approximate surface area is 121 Å². The number of rotatable bonds is 6. The van der Waals surface area contributed by atoms with Crippen LogP contribution in [-0.4, -0.2) is 18.1 Å². The zero-order valence-corrected chi connectivity index (χ0v) is 12.8. The standard InChI is InChI=1S/C14H17BrN2S/c1-2-16-10-11(9-14-17-7-8-18-14)12-5-3-4-6-13(12)15/h3-8,11,16H,2,9-10H2,1H3. The van der Waals surface area contributed by atoms with E-state index in [1.165, 1.54) is 15.0 Å². The first-order valence-corrected chi connectivity index (χ1v) is 7.82. The molecule has 1 aromatic heterocycles. The lowest BCUT2D eigenvalue weighted by atomic mass is 9.96. The second-order valence-corrected chi connectivity index (χ2v) is 5.99. The van der Waals surface area contributed by atoms with Crippen LogP contribution in [0.4, 0.5) is 0 Å². The van der Waals surface area contributed by atoms with E-state index in [0.29, 0.717) is 5.92 Å². The molecule has 1 aromatic carbocycles. The van der Waals surface area contributed by atoms with Crippen LogP contribution in [-0.2, 0) is 6.42 Å². The van der Waals surface area contributed by atoms with Crippen LogP contribution in [0.3, 0.4) is 0 Å². The molecule has 2 aromatic rings. The van der Waals surface area contributed by atoms with Crippen molar-refractivity contribution in [3.63, 3.8) is 0 Å². The van der Waals surface area contributed by atoms with Crippen molar-refractivity contribution >= 4 is 27.3 Å². The number of benzene rings is 1. The smallest absolute Gasteiger partial charge is 0.0931 e. The van der Waals surface area contributed by atoms with Crippen molar-refractivity contribution in [3.8, 4) is 0 Å². The van der Waals surface area contributed by atoms with Gasteiger partial charge in [-0.05, 0) is 18.2 Å². The second-order valence-electron chi connectivity index (χ2n) is 4.16. The van der Waals surface area contributed by atoms with Gasteiger partial charge in [0.1, 0.15) is 0 Å². The lowest BCUT2D eigenvalue weighted by Crippen LogP contribution is -2.23. The minimum Gasteiger partial charge on any atom is -0.316 e. The molecule has 18 heavy (non-hydrogen) atoms. The van der Waals surface area contributed by atoms with Gasteiger partial charge in [0.25, 0.3) is 0 Å². The molecule has 96 valence electrons. The maximum absolute atomic E-state index is 4.39. The van der Waals surface area contributed by atoms with Crippen LogP contribution in [0.15, 0.2) is 40.3 Å². The Bertz CT molecular complexity index is 470. The fraction of sp³-hybridized carbons (Fsp3) is 0.357. The van der Waals surface area contributed by atoms with Crippen LogP contribution in [0.25, 0.3) is 0 Å². The Balaban J connectivity index is 2.16. The maximum atomic E-state index is 4.39. The van der Waals surface area contributed by atoms with Crippen molar-refractivity contribution in [2.75, 3.05) is 13.1 Å². The fourth-order valence-electron chi connectivity index (χ4n) is 1.98. The summed E-state index contributed by atoms with van der Waals surface area (Å²) in [5.74, 6) is 0.465. The maximum Gasteiger partial charge on any atom is 0.0931 e. The van der Waals surface area contributed by atoms with E-state index in [0.717, 1.165) is 19.5 Å². The summed E-state index contributed by atoms with van der Waals surface area (Å²) in [6, 6.07) is 8.46.